The van der Waals surface area contributed by atoms with Crippen molar-refractivity contribution in [2.24, 2.45) is 5.73 Å². The van der Waals surface area contributed by atoms with E-state index in [-0.39, 0.29) is 11.8 Å². The van der Waals surface area contributed by atoms with Gasteiger partial charge in [0.15, 0.2) is 0 Å². The Morgan fingerprint density at radius 1 is 1.26 bits per heavy atom. The second-order valence-corrected chi connectivity index (χ2v) is 4.01. The zero-order valence-corrected chi connectivity index (χ0v) is 10.2. The molecule has 0 aliphatic carbocycles. The van der Waals surface area contributed by atoms with Crippen LogP contribution in [0.25, 0.3) is 0 Å². The lowest BCUT2D eigenvalue weighted by atomic mass is 10.0. The normalized spacial score (nSPS) is 13.4. The highest BCUT2D eigenvalue weighted by atomic mass is 19.3. The molecule has 1 atom stereocenters. The molecule has 2 nitrogen and oxygen atoms in total. The Morgan fingerprint density at radius 2 is 1.84 bits per heavy atom. The summed E-state index contributed by atoms with van der Waals surface area (Å²) in [6.07, 6.45) is -5.26. The van der Waals surface area contributed by atoms with Crippen molar-refractivity contribution in [3.8, 4) is 5.75 Å². The van der Waals surface area contributed by atoms with Crippen LogP contribution in [-0.2, 0) is 0 Å². The Balaban J connectivity index is 2.68. The third-order valence-corrected chi connectivity index (χ3v) is 2.50. The Kier molecular flexibility index (Phi) is 5.35. The van der Waals surface area contributed by atoms with Gasteiger partial charge in [-0.1, -0.05) is 18.2 Å². The molecule has 106 valence electrons. The van der Waals surface area contributed by atoms with Gasteiger partial charge in [-0.15, -0.1) is 6.58 Å². The van der Waals surface area contributed by atoms with Gasteiger partial charge in [0.1, 0.15) is 5.75 Å². The van der Waals surface area contributed by atoms with Crippen LogP contribution in [0.2, 0.25) is 0 Å². The molecular weight excluding hydrogens is 262 g/mol. The minimum absolute atomic E-state index is 0.261. The van der Waals surface area contributed by atoms with Gasteiger partial charge in [-0.2, -0.15) is 17.6 Å². The Labute approximate surface area is 108 Å². The number of ether oxygens (including phenoxy) is 1. The number of halogens is 4. The summed E-state index contributed by atoms with van der Waals surface area (Å²) in [5.74, 6) is -0.329. The van der Waals surface area contributed by atoms with E-state index in [1.54, 1.807) is 6.08 Å². The predicted molar refractivity (Wildman–Crippen MR) is 64.4 cm³/mol. The molecule has 0 aliphatic rings. The molecule has 2 N–H and O–H groups in total. The Bertz CT molecular complexity index is 406. The maximum absolute atomic E-state index is 12.6. The number of benzene rings is 1. The summed E-state index contributed by atoms with van der Waals surface area (Å²) in [4.78, 5) is 0. The second kappa shape index (κ2) is 6.56. The molecule has 0 heterocycles. The molecule has 0 bridgehead atoms. The lowest BCUT2D eigenvalue weighted by Gasteiger charge is -2.17. The molecule has 0 unspecified atom stereocenters. The molecule has 1 rings (SSSR count). The average Bonchev–Trinajstić information content (AvgIpc) is 2.36. The van der Waals surface area contributed by atoms with Gasteiger partial charge < -0.3 is 10.5 Å². The van der Waals surface area contributed by atoms with Gasteiger partial charge in [0.2, 0.25) is 0 Å². The minimum atomic E-state index is -4.49. The second-order valence-electron chi connectivity index (χ2n) is 4.01. The van der Waals surface area contributed by atoms with Gasteiger partial charge in [0, 0.05) is 6.04 Å². The van der Waals surface area contributed by atoms with Gasteiger partial charge in [-0.05, 0) is 30.5 Å². The Morgan fingerprint density at radius 3 is 2.32 bits per heavy atom. The quantitative estimate of drug-likeness (QED) is 0.606. The molecular formula is C13H15F4NO. The van der Waals surface area contributed by atoms with Crippen molar-refractivity contribution < 1.29 is 22.3 Å². The van der Waals surface area contributed by atoms with Crippen LogP contribution in [0.3, 0.4) is 0 Å². The van der Waals surface area contributed by atoms with Crippen molar-refractivity contribution in [3.05, 3.63) is 42.5 Å². The van der Waals surface area contributed by atoms with E-state index in [0.717, 1.165) is 12.0 Å². The molecule has 1 aromatic carbocycles. The monoisotopic (exact) mass is 277 g/mol. The first kappa shape index (κ1) is 15.5. The van der Waals surface area contributed by atoms with Gasteiger partial charge in [-0.3, -0.25) is 0 Å². The molecule has 0 saturated carbocycles. The smallest absolute Gasteiger partial charge is 0.428 e. The number of nitrogens with two attached hydrogens (primary N) is 1. The van der Waals surface area contributed by atoms with Crippen molar-refractivity contribution >= 4 is 0 Å². The maximum Gasteiger partial charge on any atom is 0.461 e. The summed E-state index contributed by atoms with van der Waals surface area (Å²) in [5.41, 5.74) is 6.57. The summed E-state index contributed by atoms with van der Waals surface area (Å²) in [6.45, 7) is 3.57. The zero-order chi connectivity index (χ0) is 14.5. The zero-order valence-electron chi connectivity index (χ0n) is 10.2. The number of rotatable bonds is 7. The number of hydrogen-bond donors (Lipinski definition) is 1. The molecule has 19 heavy (non-hydrogen) atoms. The van der Waals surface area contributed by atoms with E-state index in [4.69, 9.17) is 5.73 Å². The van der Waals surface area contributed by atoms with E-state index in [2.05, 4.69) is 11.3 Å². The van der Waals surface area contributed by atoms with Gasteiger partial charge >= 0.3 is 12.5 Å². The topological polar surface area (TPSA) is 35.2 Å². The lowest BCUT2D eigenvalue weighted by molar-refractivity contribution is -0.253. The molecule has 0 spiro atoms. The molecule has 0 aromatic heterocycles. The first-order valence-electron chi connectivity index (χ1n) is 5.68. The lowest BCUT2D eigenvalue weighted by Crippen LogP contribution is -2.33. The fourth-order valence-corrected chi connectivity index (χ4v) is 1.45. The summed E-state index contributed by atoms with van der Waals surface area (Å²) in [5, 5.41) is 0. The third kappa shape index (κ3) is 4.55. The molecule has 1 aromatic rings. The number of allylic oxidation sites excluding steroid dienone is 1. The predicted octanol–water partition coefficient (Wildman–Crippen LogP) is 3.89. The molecule has 0 saturated heterocycles. The highest BCUT2D eigenvalue weighted by molar-refractivity contribution is 5.29. The first-order valence-corrected chi connectivity index (χ1v) is 5.68. The maximum atomic E-state index is 12.6. The van der Waals surface area contributed by atoms with Crippen molar-refractivity contribution in [1.82, 2.24) is 0 Å². The highest BCUT2D eigenvalue weighted by Crippen LogP contribution is 2.28. The fourth-order valence-electron chi connectivity index (χ4n) is 1.45. The molecule has 0 amide bonds. The number of hydrogen-bond acceptors (Lipinski definition) is 2. The Hall–Kier alpha value is -1.56. The summed E-state index contributed by atoms with van der Waals surface area (Å²) in [6, 6.07) is 5.08. The summed E-state index contributed by atoms with van der Waals surface area (Å²) < 4.78 is 53.1. The van der Waals surface area contributed by atoms with Crippen LogP contribution in [0.4, 0.5) is 17.6 Å². The molecule has 6 heteroatoms. The van der Waals surface area contributed by atoms with E-state index >= 15 is 0 Å². The van der Waals surface area contributed by atoms with Crippen molar-refractivity contribution in [2.75, 3.05) is 0 Å². The van der Waals surface area contributed by atoms with Crippen LogP contribution in [0.15, 0.2) is 36.9 Å². The van der Waals surface area contributed by atoms with E-state index in [9.17, 15) is 17.6 Å². The van der Waals surface area contributed by atoms with E-state index in [1.165, 1.54) is 24.3 Å². The largest absolute Gasteiger partial charge is 0.461 e. The van der Waals surface area contributed by atoms with E-state index in [1.807, 2.05) is 0 Å². The van der Waals surface area contributed by atoms with Crippen LogP contribution < -0.4 is 10.5 Å². The van der Waals surface area contributed by atoms with Gasteiger partial charge in [0.25, 0.3) is 0 Å². The first-order chi connectivity index (χ1) is 8.86. The molecule has 0 aliphatic heterocycles. The van der Waals surface area contributed by atoms with Gasteiger partial charge in [0.05, 0.1) is 0 Å². The average molecular weight is 277 g/mol. The summed E-state index contributed by atoms with van der Waals surface area (Å²) in [7, 11) is 0. The van der Waals surface area contributed by atoms with Crippen LogP contribution in [0, 0.1) is 0 Å². The van der Waals surface area contributed by atoms with Crippen molar-refractivity contribution in [2.45, 2.75) is 31.4 Å². The van der Waals surface area contributed by atoms with E-state index < -0.39 is 12.5 Å². The van der Waals surface area contributed by atoms with E-state index in [0.29, 0.717) is 6.42 Å². The third-order valence-electron chi connectivity index (χ3n) is 2.50. The van der Waals surface area contributed by atoms with Gasteiger partial charge in [-0.25, -0.2) is 0 Å². The van der Waals surface area contributed by atoms with Crippen LogP contribution in [0.5, 0.6) is 5.75 Å². The minimum Gasteiger partial charge on any atom is -0.428 e. The van der Waals surface area contributed by atoms with Crippen LogP contribution in [0.1, 0.15) is 24.4 Å². The standard InChI is InChI=1S/C13H15F4NO/c1-2-3-4-11(18)9-5-7-10(8-6-9)19-13(16,17)12(14)15/h2,5-8,11-12H,1,3-4,18H2/t11-/m1/s1. The van der Waals surface area contributed by atoms with Crippen molar-refractivity contribution in [3.63, 3.8) is 0 Å². The molecule has 0 radical (unpaired) electrons. The highest BCUT2D eigenvalue weighted by Gasteiger charge is 2.43. The molecule has 0 fully saturated rings. The van der Waals surface area contributed by atoms with Crippen molar-refractivity contribution in [1.29, 1.82) is 0 Å². The number of alkyl halides is 4. The SMILES string of the molecule is C=CCC[C@@H](N)c1ccc(OC(F)(F)C(F)F)cc1. The fraction of sp³-hybridized carbons (Fsp3) is 0.385. The van der Waals surface area contributed by atoms with Crippen LogP contribution >= 0.6 is 0 Å². The van der Waals surface area contributed by atoms with Crippen LogP contribution in [-0.4, -0.2) is 12.5 Å². The summed E-state index contributed by atoms with van der Waals surface area (Å²) >= 11 is 0.